The average molecular weight is 428 g/mol. The number of carbonyl (C=O) groups is 1. The van der Waals surface area contributed by atoms with Crippen LogP contribution < -0.4 is 5.32 Å². The van der Waals surface area contributed by atoms with E-state index in [1.807, 2.05) is 13.0 Å². The first-order valence-corrected chi connectivity index (χ1v) is 11.2. The van der Waals surface area contributed by atoms with Crippen molar-refractivity contribution in [3.8, 4) is 0 Å². The van der Waals surface area contributed by atoms with Gasteiger partial charge in [0, 0.05) is 65.0 Å². The van der Waals surface area contributed by atoms with Crippen LogP contribution in [0.5, 0.6) is 0 Å². The lowest BCUT2D eigenvalue weighted by Crippen LogP contribution is -2.49. The molecule has 2 fully saturated rings. The predicted octanol–water partition coefficient (Wildman–Crippen LogP) is 1.25. The molecular weight excluding hydrogens is 394 g/mol. The summed E-state index contributed by atoms with van der Waals surface area (Å²) in [6.45, 7) is 12.0. The monoisotopic (exact) mass is 427 g/mol. The lowest BCUT2D eigenvalue weighted by molar-refractivity contribution is -0.122. The lowest BCUT2D eigenvalue weighted by Gasteiger charge is -2.33. The minimum Gasteiger partial charge on any atom is -0.379 e. The van der Waals surface area contributed by atoms with Crippen molar-refractivity contribution in [1.29, 1.82) is 0 Å². The zero-order valence-corrected chi connectivity index (χ0v) is 18.4. The van der Waals surface area contributed by atoms with Crippen LogP contribution in [-0.4, -0.2) is 84.8 Å². The molecule has 3 heterocycles. The average Bonchev–Trinajstić information content (AvgIpc) is 3.20. The molecule has 0 bridgehead atoms. The van der Waals surface area contributed by atoms with Crippen LogP contribution in [0.2, 0.25) is 0 Å². The van der Waals surface area contributed by atoms with E-state index in [1.54, 1.807) is 0 Å². The number of morpholine rings is 1. The second-order valence-electron chi connectivity index (χ2n) is 8.46. The van der Waals surface area contributed by atoms with E-state index in [9.17, 15) is 4.79 Å². The van der Waals surface area contributed by atoms with Gasteiger partial charge in [-0.1, -0.05) is 29.4 Å². The van der Waals surface area contributed by atoms with E-state index < -0.39 is 0 Å². The quantitative estimate of drug-likeness (QED) is 0.680. The van der Waals surface area contributed by atoms with Crippen molar-refractivity contribution in [2.45, 2.75) is 26.6 Å². The fourth-order valence-electron chi connectivity index (χ4n) is 4.07. The molecule has 2 aliphatic heterocycles. The van der Waals surface area contributed by atoms with Crippen LogP contribution in [-0.2, 0) is 29.2 Å². The third kappa shape index (κ3) is 6.87. The fraction of sp³-hybridized carbons (Fsp3) is 0.565. The summed E-state index contributed by atoms with van der Waals surface area (Å²) in [6.07, 6.45) is 0. The highest BCUT2D eigenvalue weighted by Crippen LogP contribution is 2.10. The Bertz CT molecular complexity index is 824. The molecule has 1 aromatic carbocycles. The lowest BCUT2D eigenvalue weighted by atomic mass is 10.1. The van der Waals surface area contributed by atoms with Crippen LogP contribution >= 0.6 is 0 Å². The molecule has 8 nitrogen and oxygen atoms in total. The number of benzene rings is 1. The van der Waals surface area contributed by atoms with Crippen molar-refractivity contribution in [3.05, 3.63) is 52.9 Å². The molecule has 0 aliphatic carbocycles. The number of rotatable bonds is 8. The summed E-state index contributed by atoms with van der Waals surface area (Å²) in [4.78, 5) is 19.4. The second-order valence-corrected chi connectivity index (χ2v) is 8.46. The van der Waals surface area contributed by atoms with Crippen LogP contribution in [0, 0.1) is 6.92 Å². The highest BCUT2D eigenvalue weighted by Gasteiger charge is 2.20. The van der Waals surface area contributed by atoms with Crippen LogP contribution in [0.4, 0.5) is 0 Å². The van der Waals surface area contributed by atoms with Crippen LogP contribution in [0.3, 0.4) is 0 Å². The molecule has 0 saturated carbocycles. The van der Waals surface area contributed by atoms with Gasteiger partial charge >= 0.3 is 0 Å². The predicted molar refractivity (Wildman–Crippen MR) is 117 cm³/mol. The maximum Gasteiger partial charge on any atom is 0.234 e. The molecule has 1 amide bonds. The highest BCUT2D eigenvalue weighted by molar-refractivity contribution is 5.78. The second kappa shape index (κ2) is 10.9. The molecule has 31 heavy (non-hydrogen) atoms. The summed E-state index contributed by atoms with van der Waals surface area (Å²) in [5, 5.41) is 7.12. The zero-order chi connectivity index (χ0) is 21.5. The van der Waals surface area contributed by atoms with Crippen molar-refractivity contribution < 1.29 is 14.1 Å². The summed E-state index contributed by atoms with van der Waals surface area (Å²) < 4.78 is 10.5. The molecule has 1 aromatic heterocycles. The Balaban J connectivity index is 1.13. The number of hydrogen-bond donors (Lipinski definition) is 1. The smallest absolute Gasteiger partial charge is 0.234 e. The first kappa shape index (κ1) is 22.0. The van der Waals surface area contributed by atoms with E-state index in [1.165, 1.54) is 5.56 Å². The summed E-state index contributed by atoms with van der Waals surface area (Å²) in [7, 11) is 0. The number of hydrogen-bond acceptors (Lipinski definition) is 7. The number of ether oxygens (including phenoxy) is 1. The van der Waals surface area contributed by atoms with Gasteiger partial charge in [-0.2, -0.15) is 0 Å². The zero-order valence-electron chi connectivity index (χ0n) is 18.4. The standard InChI is InChI=1S/C23H33N5O3/c1-19-14-22(25-31-19)17-26-6-8-27(9-7-26)18-23(29)24-15-20-2-4-21(5-3-20)16-28-10-12-30-13-11-28/h2-5,14H,6-13,15-18H2,1H3,(H,24,29). The number of nitrogens with zero attached hydrogens (tertiary/aromatic N) is 4. The molecule has 2 aliphatic rings. The number of nitrogens with one attached hydrogen (secondary N) is 1. The molecule has 0 atom stereocenters. The van der Waals surface area contributed by atoms with Crippen molar-refractivity contribution in [2.75, 3.05) is 59.0 Å². The van der Waals surface area contributed by atoms with Gasteiger partial charge < -0.3 is 14.6 Å². The summed E-state index contributed by atoms with van der Waals surface area (Å²) >= 11 is 0. The largest absolute Gasteiger partial charge is 0.379 e. The van der Waals surface area contributed by atoms with Gasteiger partial charge in [-0.25, -0.2) is 0 Å². The van der Waals surface area contributed by atoms with Crippen LogP contribution in [0.25, 0.3) is 0 Å². The Labute approximate surface area is 184 Å². The van der Waals surface area contributed by atoms with Crippen LogP contribution in [0.15, 0.2) is 34.9 Å². The molecule has 0 unspecified atom stereocenters. The van der Waals surface area contributed by atoms with Crippen molar-refractivity contribution >= 4 is 5.91 Å². The molecule has 168 valence electrons. The Kier molecular flexibility index (Phi) is 7.69. The van der Waals surface area contributed by atoms with Crippen molar-refractivity contribution in [1.82, 2.24) is 25.2 Å². The van der Waals surface area contributed by atoms with Gasteiger partial charge in [0.25, 0.3) is 0 Å². The van der Waals surface area contributed by atoms with E-state index in [0.717, 1.165) is 82.6 Å². The molecule has 2 aromatic rings. The maximum absolute atomic E-state index is 12.4. The molecule has 2 saturated heterocycles. The van der Waals surface area contributed by atoms with Crippen molar-refractivity contribution in [3.63, 3.8) is 0 Å². The number of aromatic nitrogens is 1. The SMILES string of the molecule is Cc1cc(CN2CCN(CC(=O)NCc3ccc(CN4CCOCC4)cc3)CC2)no1. The normalized spacial score (nSPS) is 18.9. The molecular formula is C23H33N5O3. The van der Waals surface area contributed by atoms with Gasteiger partial charge in [-0.05, 0) is 18.1 Å². The molecule has 8 heteroatoms. The topological polar surface area (TPSA) is 74.1 Å². The first-order valence-electron chi connectivity index (χ1n) is 11.2. The third-order valence-electron chi connectivity index (χ3n) is 5.92. The van der Waals surface area contributed by atoms with Gasteiger partial charge in [0.05, 0.1) is 25.5 Å². The minimum atomic E-state index is 0.0815. The van der Waals surface area contributed by atoms with Gasteiger partial charge in [-0.3, -0.25) is 19.5 Å². The van der Waals surface area contributed by atoms with Gasteiger partial charge in [0.2, 0.25) is 5.91 Å². The molecule has 0 radical (unpaired) electrons. The number of aryl methyl sites for hydroxylation is 1. The molecule has 4 rings (SSSR count). The highest BCUT2D eigenvalue weighted by atomic mass is 16.5. The maximum atomic E-state index is 12.4. The summed E-state index contributed by atoms with van der Waals surface area (Å²) in [6, 6.07) is 10.5. The Morgan fingerprint density at radius 2 is 1.58 bits per heavy atom. The summed E-state index contributed by atoms with van der Waals surface area (Å²) in [5.74, 6) is 0.926. The summed E-state index contributed by atoms with van der Waals surface area (Å²) in [5.41, 5.74) is 3.40. The van der Waals surface area contributed by atoms with E-state index >= 15 is 0 Å². The fourth-order valence-corrected chi connectivity index (χ4v) is 4.07. The number of amides is 1. The third-order valence-corrected chi connectivity index (χ3v) is 5.92. The van der Waals surface area contributed by atoms with E-state index in [2.05, 4.69) is 49.4 Å². The Morgan fingerprint density at radius 1 is 0.935 bits per heavy atom. The van der Waals surface area contributed by atoms with Crippen LogP contribution in [0.1, 0.15) is 22.6 Å². The minimum absolute atomic E-state index is 0.0815. The first-order chi connectivity index (χ1) is 15.1. The van der Waals surface area contributed by atoms with Gasteiger partial charge in [0.1, 0.15) is 5.76 Å². The van der Waals surface area contributed by atoms with E-state index in [-0.39, 0.29) is 5.91 Å². The van der Waals surface area contributed by atoms with Gasteiger partial charge in [-0.15, -0.1) is 0 Å². The van der Waals surface area contributed by atoms with E-state index in [0.29, 0.717) is 13.1 Å². The molecule has 1 N–H and O–H groups in total. The van der Waals surface area contributed by atoms with Crippen molar-refractivity contribution in [2.24, 2.45) is 0 Å². The Morgan fingerprint density at radius 3 is 2.26 bits per heavy atom. The Hall–Kier alpha value is -2.26. The van der Waals surface area contributed by atoms with Gasteiger partial charge in [0.15, 0.2) is 0 Å². The number of carbonyl (C=O) groups excluding carboxylic acids is 1. The van der Waals surface area contributed by atoms with E-state index in [4.69, 9.17) is 9.26 Å². The number of piperazine rings is 1. The molecule has 0 spiro atoms.